The first-order chi connectivity index (χ1) is 28.0. The highest BCUT2D eigenvalue weighted by atomic mass is 31.2. The van der Waals surface area contributed by atoms with Gasteiger partial charge in [-0.2, -0.15) is 28.6 Å². The zero-order valence-corrected chi connectivity index (χ0v) is 35.6. The molecule has 6 atom stereocenters. The van der Waals surface area contributed by atoms with Crippen molar-refractivity contribution in [2.45, 2.75) is 129 Å². The number of rotatable bonds is 14. The number of carbonyl (C=O) groups is 3. The van der Waals surface area contributed by atoms with E-state index in [4.69, 9.17) is 33.7 Å². The highest BCUT2D eigenvalue weighted by molar-refractivity contribution is 7.52. The number of alkyl halides is 3. The van der Waals surface area contributed by atoms with Crippen molar-refractivity contribution < 1.29 is 60.1 Å². The number of nitrogens with zero attached hydrogens (tertiary/aromatic N) is 4. The van der Waals surface area contributed by atoms with E-state index in [1.165, 1.54) is 23.6 Å². The maximum atomic E-state index is 14.8. The molecular weight excluding hydrogens is 812 g/mol. The van der Waals surface area contributed by atoms with Crippen molar-refractivity contribution in [2.24, 2.45) is 17.8 Å². The Balaban J connectivity index is 1.49. The monoisotopic (exact) mass is 864 g/mol. The number of nitriles is 1. The molecule has 5 rings (SSSR count). The Morgan fingerprint density at radius 3 is 2.15 bits per heavy atom. The number of nitrogen functional groups attached to an aromatic ring is 1. The SMILES string of the molecule is CC(C)C(=O)O[C@H]1[C@@H](OC(=O)C(C)C)[C@](C#N)(c2ccc3c(N)ncnn23)O[C@@H]1COP(=O)(N[C@@H](C)C(=O)OC1CCC(C(F)(F)F)CC1)Oc1ccc(C(C)(C)C)cc1. The van der Waals surface area contributed by atoms with Crippen LogP contribution >= 0.6 is 7.75 Å². The Bertz CT molecular complexity index is 2110. The van der Waals surface area contributed by atoms with Gasteiger partial charge in [-0.25, -0.2) is 14.1 Å². The number of esters is 3. The van der Waals surface area contributed by atoms with Crippen molar-refractivity contribution in [3.05, 3.63) is 54.0 Å². The number of hydrogen-bond donors (Lipinski definition) is 2. The molecular formula is C40H52F3N6O10P. The molecule has 2 aromatic heterocycles. The van der Waals surface area contributed by atoms with Crippen molar-refractivity contribution in [1.82, 2.24) is 19.7 Å². The maximum absolute atomic E-state index is 14.8. The first kappa shape index (κ1) is 46.3. The van der Waals surface area contributed by atoms with E-state index in [2.05, 4.69) is 21.2 Å². The molecule has 1 aromatic carbocycles. The molecule has 2 fully saturated rings. The predicted octanol–water partition coefficient (Wildman–Crippen LogP) is 6.71. The molecule has 2 aliphatic rings. The number of ether oxygens (including phenoxy) is 4. The minimum Gasteiger partial charge on any atom is -0.461 e. The number of nitrogens with one attached hydrogen (secondary N) is 1. The van der Waals surface area contributed by atoms with Crippen LogP contribution < -0.4 is 15.3 Å². The van der Waals surface area contributed by atoms with E-state index in [-0.39, 0.29) is 53.9 Å². The lowest BCUT2D eigenvalue weighted by atomic mass is 9.87. The second-order valence-corrected chi connectivity index (χ2v) is 18.4. The van der Waals surface area contributed by atoms with Gasteiger partial charge < -0.3 is 29.2 Å². The molecule has 328 valence electrons. The summed E-state index contributed by atoms with van der Waals surface area (Å²) in [6.07, 6.45) is -9.15. The lowest BCUT2D eigenvalue weighted by molar-refractivity contribution is -0.189. The molecule has 1 aliphatic heterocycles. The van der Waals surface area contributed by atoms with Gasteiger partial charge in [0.1, 0.15) is 41.9 Å². The average Bonchev–Trinajstić information content (AvgIpc) is 3.74. The summed E-state index contributed by atoms with van der Waals surface area (Å²) in [6, 6.07) is 10.3. The predicted molar refractivity (Wildman–Crippen MR) is 209 cm³/mol. The third kappa shape index (κ3) is 10.4. The first-order valence-electron chi connectivity index (χ1n) is 19.7. The lowest BCUT2D eigenvalue weighted by Crippen LogP contribution is -2.47. The fraction of sp³-hybridized carbons (Fsp3) is 0.600. The maximum Gasteiger partial charge on any atom is 0.459 e. The Morgan fingerprint density at radius 1 is 0.967 bits per heavy atom. The van der Waals surface area contributed by atoms with Gasteiger partial charge in [-0.15, -0.1) is 0 Å². The topological polar surface area (TPSA) is 216 Å². The molecule has 60 heavy (non-hydrogen) atoms. The molecule has 1 saturated heterocycles. The number of carbonyl (C=O) groups excluding carboxylic acids is 3. The van der Waals surface area contributed by atoms with Crippen LogP contribution in [0, 0.1) is 29.1 Å². The molecule has 1 aliphatic carbocycles. The van der Waals surface area contributed by atoms with Gasteiger partial charge in [-0.05, 0) is 67.9 Å². The number of hydrogen-bond acceptors (Lipinski definition) is 14. The highest BCUT2D eigenvalue weighted by Crippen LogP contribution is 2.49. The summed E-state index contributed by atoms with van der Waals surface area (Å²) in [5.41, 5.74) is 4.83. The van der Waals surface area contributed by atoms with Crippen LogP contribution in [0.2, 0.25) is 0 Å². The molecule has 1 saturated carbocycles. The van der Waals surface area contributed by atoms with Crippen molar-refractivity contribution in [1.29, 1.82) is 5.26 Å². The van der Waals surface area contributed by atoms with E-state index in [1.54, 1.807) is 52.0 Å². The summed E-state index contributed by atoms with van der Waals surface area (Å²) < 4.78 is 91.6. The van der Waals surface area contributed by atoms with Gasteiger partial charge in [-0.1, -0.05) is 60.6 Å². The van der Waals surface area contributed by atoms with Crippen LogP contribution in [0.3, 0.4) is 0 Å². The smallest absolute Gasteiger partial charge is 0.459 e. The summed E-state index contributed by atoms with van der Waals surface area (Å²) in [7, 11) is -4.70. The van der Waals surface area contributed by atoms with Crippen LogP contribution in [0.4, 0.5) is 19.0 Å². The quantitative estimate of drug-likeness (QED) is 0.0979. The van der Waals surface area contributed by atoms with Crippen LogP contribution in [0.5, 0.6) is 5.75 Å². The Morgan fingerprint density at radius 2 is 1.58 bits per heavy atom. The molecule has 0 amide bonds. The summed E-state index contributed by atoms with van der Waals surface area (Å²) in [5, 5.41) is 17.8. The number of nitrogens with two attached hydrogens (primary N) is 1. The zero-order chi connectivity index (χ0) is 44.4. The van der Waals surface area contributed by atoms with Crippen LogP contribution in [-0.2, 0) is 53.4 Å². The number of benzene rings is 1. The third-order valence-corrected chi connectivity index (χ3v) is 12.0. The lowest BCUT2D eigenvalue weighted by Gasteiger charge is -2.30. The molecule has 16 nitrogen and oxygen atoms in total. The standard InChI is InChI=1S/C40H52F3N6O10P/c1-22(2)35(50)56-32-30(58-39(20-44,33(32)57-36(51)23(3)4)31-18-17-29-34(45)46-21-47-49(29)31)19-54-60(53,59-28-15-9-25(10-16-28)38(6,7)8)48-24(5)37(52)55-27-13-11-26(12-14-27)40(41,42)43/h9-10,15-18,21-24,26-27,30,32-33H,11-14,19H2,1-8H3,(H,48,53)(H2,45,46,47)/t24-,26?,27?,30+,32+,33+,39-,60?/m0/s1. The second kappa shape index (κ2) is 18.1. The molecule has 0 bridgehead atoms. The fourth-order valence-electron chi connectivity index (χ4n) is 6.81. The van der Waals surface area contributed by atoms with Gasteiger partial charge in [-0.3, -0.25) is 18.9 Å². The Kier molecular flexibility index (Phi) is 13.9. The van der Waals surface area contributed by atoms with E-state index < -0.39 is 92.3 Å². The molecule has 3 heterocycles. The summed E-state index contributed by atoms with van der Waals surface area (Å²) in [4.78, 5) is 43.9. The number of anilines is 1. The van der Waals surface area contributed by atoms with Gasteiger partial charge in [0.15, 0.2) is 18.0 Å². The van der Waals surface area contributed by atoms with Crippen molar-refractivity contribution in [3.8, 4) is 11.8 Å². The van der Waals surface area contributed by atoms with Crippen LogP contribution in [-0.4, -0.2) is 75.7 Å². The van der Waals surface area contributed by atoms with Gasteiger partial charge in [0.25, 0.3) is 0 Å². The van der Waals surface area contributed by atoms with Crippen molar-refractivity contribution >= 4 is 37.0 Å². The second-order valence-electron chi connectivity index (χ2n) is 16.7. The van der Waals surface area contributed by atoms with Gasteiger partial charge in [0.2, 0.25) is 5.60 Å². The minimum absolute atomic E-state index is 0.0122. The summed E-state index contributed by atoms with van der Waals surface area (Å²) in [5.74, 6) is -5.22. The van der Waals surface area contributed by atoms with Crippen LogP contribution in [0.15, 0.2) is 42.7 Å². The van der Waals surface area contributed by atoms with Crippen LogP contribution in [0.1, 0.15) is 92.3 Å². The fourth-order valence-corrected chi connectivity index (χ4v) is 8.32. The summed E-state index contributed by atoms with van der Waals surface area (Å²) in [6.45, 7) is 12.8. The zero-order valence-electron chi connectivity index (χ0n) is 34.7. The minimum atomic E-state index is -4.70. The van der Waals surface area contributed by atoms with E-state index >= 15 is 0 Å². The summed E-state index contributed by atoms with van der Waals surface area (Å²) >= 11 is 0. The number of halogens is 3. The molecule has 20 heteroatoms. The number of aromatic nitrogens is 3. The molecule has 0 spiro atoms. The van der Waals surface area contributed by atoms with E-state index in [0.29, 0.717) is 0 Å². The largest absolute Gasteiger partial charge is 0.461 e. The highest BCUT2D eigenvalue weighted by Gasteiger charge is 2.63. The van der Waals surface area contributed by atoms with Crippen LogP contribution in [0.25, 0.3) is 5.52 Å². The first-order valence-corrected chi connectivity index (χ1v) is 21.2. The Labute approximate surface area is 346 Å². The Hall–Kier alpha value is -4.76. The average molecular weight is 865 g/mol. The van der Waals surface area contributed by atoms with Crippen molar-refractivity contribution in [2.75, 3.05) is 12.3 Å². The molecule has 3 N–H and O–H groups in total. The molecule has 0 radical (unpaired) electrons. The number of fused-ring (bicyclic) bond motifs is 1. The molecule has 3 aromatic rings. The molecule has 1 unspecified atom stereocenters. The third-order valence-electron chi connectivity index (χ3n) is 10.3. The van der Waals surface area contributed by atoms with Crippen molar-refractivity contribution in [3.63, 3.8) is 0 Å². The van der Waals surface area contributed by atoms with E-state index in [9.17, 15) is 37.4 Å². The van der Waals surface area contributed by atoms with Gasteiger partial charge >= 0.3 is 31.8 Å². The van der Waals surface area contributed by atoms with E-state index in [0.717, 1.165) is 11.9 Å². The van der Waals surface area contributed by atoms with Gasteiger partial charge in [0, 0.05) is 0 Å². The van der Waals surface area contributed by atoms with E-state index in [1.807, 2.05) is 20.8 Å². The normalized spacial score (nSPS) is 25.0. The van der Waals surface area contributed by atoms with Gasteiger partial charge in [0.05, 0.1) is 30.1 Å².